The van der Waals surface area contributed by atoms with Crippen molar-refractivity contribution in [2.75, 3.05) is 0 Å². The predicted molar refractivity (Wildman–Crippen MR) is 104 cm³/mol. The van der Waals surface area contributed by atoms with Crippen LogP contribution in [0.2, 0.25) is 0 Å². The molecule has 1 fully saturated rings. The largest absolute Gasteiger partial charge is 0.481 e. The number of carboxylic acids is 1. The van der Waals surface area contributed by atoms with Crippen molar-refractivity contribution in [3.63, 3.8) is 0 Å². The number of ketones is 1. The number of hydrogen-bond donors (Lipinski definition) is 1. The van der Waals surface area contributed by atoms with Crippen LogP contribution in [-0.2, 0) is 23.1 Å². The van der Waals surface area contributed by atoms with Crippen LogP contribution < -0.4 is 0 Å². The molecule has 0 saturated heterocycles. The third kappa shape index (κ3) is 3.78. The van der Waals surface area contributed by atoms with Gasteiger partial charge in [-0.05, 0) is 37.3 Å². The Labute approximate surface area is 162 Å². The standard InChI is InChI=1S/C21H22N4O3/c1-25-12-17(11-23-25)15-6-7-16-10-22-20(24-18(16)8-15)9-19(26)13-2-4-14(5-3-13)21(27)28/h6-8,10-14H,2-5,9H2,1H3,(H,27,28). The van der Waals surface area contributed by atoms with E-state index in [9.17, 15) is 9.59 Å². The number of aliphatic carboxylic acids is 1. The van der Waals surface area contributed by atoms with Crippen LogP contribution in [0.5, 0.6) is 0 Å². The third-order valence-corrected chi connectivity index (χ3v) is 5.53. The summed E-state index contributed by atoms with van der Waals surface area (Å²) in [7, 11) is 1.88. The van der Waals surface area contributed by atoms with Gasteiger partial charge in [0, 0.05) is 36.3 Å². The fraction of sp³-hybridized carbons (Fsp3) is 0.381. The highest BCUT2D eigenvalue weighted by Crippen LogP contribution is 2.30. The van der Waals surface area contributed by atoms with E-state index in [0.717, 1.165) is 22.0 Å². The molecule has 1 aliphatic rings. The number of Topliss-reactive ketones (excluding diaryl/α,β-unsaturated/α-hetero) is 1. The summed E-state index contributed by atoms with van der Waals surface area (Å²) in [4.78, 5) is 32.6. The number of carbonyl (C=O) groups is 2. The minimum absolute atomic E-state index is 0.0865. The van der Waals surface area contributed by atoms with E-state index < -0.39 is 5.97 Å². The highest BCUT2D eigenvalue weighted by Gasteiger charge is 2.29. The highest BCUT2D eigenvalue weighted by molar-refractivity contribution is 5.85. The van der Waals surface area contributed by atoms with Crippen LogP contribution in [0.15, 0.2) is 36.8 Å². The Morgan fingerprint density at radius 1 is 1.11 bits per heavy atom. The molecule has 7 nitrogen and oxygen atoms in total. The Balaban J connectivity index is 1.49. The Morgan fingerprint density at radius 3 is 2.54 bits per heavy atom. The fourth-order valence-corrected chi connectivity index (χ4v) is 3.86. The molecule has 1 aromatic carbocycles. The minimum atomic E-state index is -0.756. The maximum absolute atomic E-state index is 12.6. The lowest BCUT2D eigenvalue weighted by Crippen LogP contribution is -2.27. The third-order valence-electron chi connectivity index (χ3n) is 5.53. The van der Waals surface area contributed by atoms with Crippen molar-refractivity contribution in [3.8, 4) is 11.1 Å². The van der Waals surface area contributed by atoms with Crippen molar-refractivity contribution in [1.82, 2.24) is 19.7 Å². The Hall–Kier alpha value is -3.09. The average Bonchev–Trinajstić information content (AvgIpc) is 3.14. The quantitative estimate of drug-likeness (QED) is 0.733. The van der Waals surface area contributed by atoms with Crippen LogP contribution in [0.3, 0.4) is 0 Å². The summed E-state index contributed by atoms with van der Waals surface area (Å²) in [6, 6.07) is 5.96. The van der Waals surface area contributed by atoms with Gasteiger partial charge in [-0.1, -0.05) is 12.1 Å². The lowest BCUT2D eigenvalue weighted by Gasteiger charge is -2.24. The fourth-order valence-electron chi connectivity index (χ4n) is 3.86. The smallest absolute Gasteiger partial charge is 0.306 e. The van der Waals surface area contributed by atoms with Gasteiger partial charge in [-0.25, -0.2) is 9.97 Å². The maximum atomic E-state index is 12.6. The van der Waals surface area contributed by atoms with Crippen molar-refractivity contribution < 1.29 is 14.7 Å². The zero-order valence-corrected chi connectivity index (χ0v) is 15.7. The minimum Gasteiger partial charge on any atom is -0.481 e. The zero-order valence-electron chi connectivity index (χ0n) is 15.7. The molecule has 1 aliphatic carbocycles. The Morgan fingerprint density at radius 2 is 1.86 bits per heavy atom. The molecule has 0 amide bonds. The normalized spacial score (nSPS) is 19.6. The van der Waals surface area contributed by atoms with E-state index in [1.54, 1.807) is 17.1 Å². The first-order chi connectivity index (χ1) is 13.5. The molecule has 144 valence electrons. The molecule has 1 N–H and O–H groups in total. The van der Waals surface area contributed by atoms with Gasteiger partial charge in [0.1, 0.15) is 11.6 Å². The van der Waals surface area contributed by atoms with Gasteiger partial charge in [0.15, 0.2) is 0 Å². The van der Waals surface area contributed by atoms with Crippen molar-refractivity contribution in [2.24, 2.45) is 18.9 Å². The first-order valence-electron chi connectivity index (χ1n) is 9.50. The molecule has 28 heavy (non-hydrogen) atoms. The van der Waals surface area contributed by atoms with E-state index in [1.807, 2.05) is 31.4 Å². The molecule has 0 radical (unpaired) electrons. The molecule has 2 aromatic heterocycles. The summed E-state index contributed by atoms with van der Waals surface area (Å²) >= 11 is 0. The second-order valence-electron chi connectivity index (χ2n) is 7.49. The number of aryl methyl sites for hydroxylation is 1. The molecule has 2 heterocycles. The van der Waals surface area contributed by atoms with Gasteiger partial charge in [-0.3, -0.25) is 14.3 Å². The molecule has 0 atom stereocenters. The van der Waals surface area contributed by atoms with Gasteiger partial charge in [-0.2, -0.15) is 5.10 Å². The zero-order chi connectivity index (χ0) is 19.7. The molecule has 0 aliphatic heterocycles. The summed E-state index contributed by atoms with van der Waals surface area (Å²) in [5, 5.41) is 14.2. The number of benzene rings is 1. The number of rotatable bonds is 5. The SMILES string of the molecule is Cn1cc(-c2ccc3cnc(CC(=O)C4CCC(C(=O)O)CC4)nc3c2)cn1. The molecule has 4 rings (SSSR count). The van der Waals surface area contributed by atoms with Gasteiger partial charge >= 0.3 is 5.97 Å². The van der Waals surface area contributed by atoms with Crippen LogP contribution in [0.25, 0.3) is 22.0 Å². The Bertz CT molecular complexity index is 1040. The monoisotopic (exact) mass is 378 g/mol. The van der Waals surface area contributed by atoms with Crippen molar-refractivity contribution >= 4 is 22.7 Å². The first kappa shape index (κ1) is 18.3. The number of hydrogen-bond acceptors (Lipinski definition) is 5. The van der Waals surface area contributed by atoms with Crippen LogP contribution in [0.1, 0.15) is 31.5 Å². The summed E-state index contributed by atoms with van der Waals surface area (Å²) in [5.41, 5.74) is 2.83. The number of nitrogens with zero attached hydrogens (tertiary/aromatic N) is 4. The molecule has 0 bridgehead atoms. The molecular weight excluding hydrogens is 356 g/mol. The molecule has 7 heteroatoms. The second kappa shape index (κ2) is 7.50. The molecule has 0 spiro atoms. The van der Waals surface area contributed by atoms with Crippen molar-refractivity contribution in [1.29, 1.82) is 0 Å². The van der Waals surface area contributed by atoms with E-state index >= 15 is 0 Å². The van der Waals surface area contributed by atoms with E-state index in [4.69, 9.17) is 5.11 Å². The van der Waals surface area contributed by atoms with Gasteiger partial charge in [0.25, 0.3) is 0 Å². The number of carboxylic acid groups (broad SMARTS) is 1. The number of aromatic nitrogens is 4. The van der Waals surface area contributed by atoms with Crippen molar-refractivity contribution in [3.05, 3.63) is 42.6 Å². The predicted octanol–water partition coefficient (Wildman–Crippen LogP) is 3.03. The van der Waals surface area contributed by atoms with Gasteiger partial charge < -0.3 is 5.11 Å². The summed E-state index contributed by atoms with van der Waals surface area (Å²) in [5.74, 6) is -0.538. The van der Waals surface area contributed by atoms with Crippen LogP contribution in [0.4, 0.5) is 0 Å². The summed E-state index contributed by atoms with van der Waals surface area (Å²) in [6.07, 6.45) is 8.09. The van der Waals surface area contributed by atoms with Crippen LogP contribution >= 0.6 is 0 Å². The maximum Gasteiger partial charge on any atom is 0.306 e. The topological polar surface area (TPSA) is 98.0 Å². The van der Waals surface area contributed by atoms with E-state index in [1.165, 1.54) is 0 Å². The first-order valence-corrected chi connectivity index (χ1v) is 9.50. The van der Waals surface area contributed by atoms with Gasteiger partial charge in [-0.15, -0.1) is 0 Å². The molecule has 1 saturated carbocycles. The summed E-state index contributed by atoms with van der Waals surface area (Å²) in [6.45, 7) is 0. The molecular formula is C21H22N4O3. The van der Waals surface area contributed by atoms with E-state index in [2.05, 4.69) is 15.1 Å². The Kier molecular flexibility index (Phi) is 4.90. The van der Waals surface area contributed by atoms with Gasteiger partial charge in [0.2, 0.25) is 0 Å². The van der Waals surface area contributed by atoms with Crippen LogP contribution in [0, 0.1) is 11.8 Å². The lowest BCUT2D eigenvalue weighted by atomic mass is 9.79. The number of fused-ring (bicyclic) bond motifs is 1. The number of carbonyl (C=O) groups excluding carboxylic acids is 1. The molecule has 3 aromatic rings. The average molecular weight is 378 g/mol. The van der Waals surface area contributed by atoms with E-state index in [0.29, 0.717) is 31.5 Å². The van der Waals surface area contributed by atoms with Crippen LogP contribution in [-0.4, -0.2) is 36.6 Å². The van der Waals surface area contributed by atoms with Crippen molar-refractivity contribution in [2.45, 2.75) is 32.1 Å². The summed E-state index contributed by atoms with van der Waals surface area (Å²) < 4.78 is 1.75. The van der Waals surface area contributed by atoms with Gasteiger partial charge in [0.05, 0.1) is 24.1 Å². The lowest BCUT2D eigenvalue weighted by molar-refractivity contribution is -0.144. The highest BCUT2D eigenvalue weighted by atomic mass is 16.4. The molecule has 0 unspecified atom stereocenters. The second-order valence-corrected chi connectivity index (χ2v) is 7.49. The van der Waals surface area contributed by atoms with E-state index in [-0.39, 0.29) is 24.0 Å².